The van der Waals surface area contributed by atoms with E-state index >= 15 is 0 Å². The second-order valence-electron chi connectivity index (χ2n) is 9.57. The van der Waals surface area contributed by atoms with Crippen LogP contribution in [-0.4, -0.2) is 0 Å². The van der Waals surface area contributed by atoms with Gasteiger partial charge in [-0.1, -0.05) is 72.8 Å². The van der Waals surface area contributed by atoms with Crippen molar-refractivity contribution in [2.24, 2.45) is 0 Å². The average Bonchev–Trinajstić information content (AvgIpc) is 2.90. The molecule has 0 spiro atoms. The highest BCUT2D eigenvalue weighted by atomic mass is 35.5. The zero-order valence-electron chi connectivity index (χ0n) is 21.1. The average molecular weight is 521 g/mol. The summed E-state index contributed by atoms with van der Waals surface area (Å²) in [5.74, 6) is 0. The second-order valence-corrected chi connectivity index (χ2v) is 10.4. The van der Waals surface area contributed by atoms with Gasteiger partial charge in [0.15, 0.2) is 0 Å². The minimum absolute atomic E-state index is 0.649. The van der Waals surface area contributed by atoms with E-state index in [1.54, 1.807) is 0 Å². The van der Waals surface area contributed by atoms with Gasteiger partial charge in [-0.05, 0) is 108 Å². The van der Waals surface area contributed by atoms with E-state index in [0.717, 1.165) is 35.1 Å². The number of allylic oxidation sites excluding steroid dienone is 5. The van der Waals surface area contributed by atoms with Crippen LogP contribution in [0.3, 0.4) is 0 Å². The number of hydrogen-bond acceptors (Lipinski definition) is 0. The summed E-state index contributed by atoms with van der Waals surface area (Å²) >= 11 is 13.5. The lowest BCUT2D eigenvalue weighted by molar-refractivity contribution is 1.15. The van der Waals surface area contributed by atoms with Crippen LogP contribution in [0.15, 0.2) is 126 Å². The summed E-state index contributed by atoms with van der Waals surface area (Å²) in [6.07, 6.45) is 7.51. The fraction of sp³-hybridized carbons (Fsp3) is 0.114. The van der Waals surface area contributed by atoms with E-state index in [2.05, 4.69) is 111 Å². The Kier molecular flexibility index (Phi) is 7.70. The van der Waals surface area contributed by atoms with Crippen molar-refractivity contribution >= 4 is 28.8 Å². The molecule has 2 heteroatoms. The van der Waals surface area contributed by atoms with Crippen LogP contribution >= 0.6 is 23.2 Å². The molecule has 0 fully saturated rings. The molecule has 0 radical (unpaired) electrons. The molecule has 0 bridgehead atoms. The Balaban J connectivity index is 1.50. The Morgan fingerprint density at radius 3 is 1.54 bits per heavy atom. The first-order chi connectivity index (χ1) is 18.0. The molecule has 1 aliphatic carbocycles. The Hall–Kier alpha value is -3.45. The first kappa shape index (κ1) is 25.2. The van der Waals surface area contributed by atoms with Gasteiger partial charge in [-0.3, -0.25) is 0 Å². The molecule has 182 valence electrons. The van der Waals surface area contributed by atoms with E-state index in [1.807, 2.05) is 18.2 Å². The van der Waals surface area contributed by atoms with Gasteiger partial charge in [-0.25, -0.2) is 0 Å². The lowest BCUT2D eigenvalue weighted by Crippen LogP contribution is -2.03. The van der Waals surface area contributed by atoms with Gasteiger partial charge in [0.2, 0.25) is 0 Å². The molecule has 0 nitrogen and oxygen atoms in total. The van der Waals surface area contributed by atoms with Crippen molar-refractivity contribution in [3.63, 3.8) is 0 Å². The van der Waals surface area contributed by atoms with E-state index in [-0.39, 0.29) is 0 Å². The number of rotatable bonds is 6. The minimum atomic E-state index is 0.649. The van der Waals surface area contributed by atoms with Crippen molar-refractivity contribution in [3.05, 3.63) is 176 Å². The zero-order valence-corrected chi connectivity index (χ0v) is 22.7. The molecule has 0 aliphatic heterocycles. The molecule has 4 aromatic rings. The fourth-order valence-electron chi connectivity index (χ4n) is 4.83. The normalized spacial score (nSPS) is 13.0. The highest BCUT2D eigenvalue weighted by Crippen LogP contribution is 2.41. The van der Waals surface area contributed by atoms with Crippen LogP contribution in [0.5, 0.6) is 0 Å². The summed E-state index contributed by atoms with van der Waals surface area (Å²) in [6.45, 7) is 4.33. The summed E-state index contributed by atoms with van der Waals surface area (Å²) < 4.78 is 0. The minimum Gasteiger partial charge on any atom is -0.0620 e. The molecule has 0 heterocycles. The van der Waals surface area contributed by atoms with Crippen LogP contribution in [-0.2, 0) is 12.8 Å². The standard InChI is InChI=1S/C35H29Cl2/c1-24-8-3-5-10-30(24)22-26-14-18-28(19-15-26)34(35-32(36)12-7-13-33(35)37)29-20-16-27(17-21-29)23-31-11-6-4-9-25(31)2/h3-21H,22-23H2,1-2H3/q+1. The maximum absolute atomic E-state index is 6.73. The van der Waals surface area contributed by atoms with Crippen LogP contribution < -0.4 is 0 Å². The summed E-state index contributed by atoms with van der Waals surface area (Å²) in [6, 6.07) is 34.7. The first-order valence-electron chi connectivity index (χ1n) is 12.6. The predicted octanol–water partition coefficient (Wildman–Crippen LogP) is 9.75. The van der Waals surface area contributed by atoms with Crippen LogP contribution in [0.1, 0.15) is 44.5 Å². The highest BCUT2D eigenvalue weighted by molar-refractivity contribution is 6.39. The van der Waals surface area contributed by atoms with Crippen LogP contribution in [0.25, 0.3) is 5.57 Å². The van der Waals surface area contributed by atoms with Gasteiger partial charge in [-0.2, -0.15) is 0 Å². The van der Waals surface area contributed by atoms with Gasteiger partial charge in [0, 0.05) is 29.4 Å². The van der Waals surface area contributed by atoms with E-state index in [1.165, 1.54) is 33.4 Å². The molecule has 5 rings (SSSR count). The molecule has 0 N–H and O–H groups in total. The molecule has 0 amide bonds. The lowest BCUT2D eigenvalue weighted by atomic mass is 9.88. The highest BCUT2D eigenvalue weighted by Gasteiger charge is 2.30. The van der Waals surface area contributed by atoms with Crippen molar-refractivity contribution in [1.82, 2.24) is 0 Å². The smallest absolute Gasteiger partial charge is 0.0620 e. The van der Waals surface area contributed by atoms with E-state index in [4.69, 9.17) is 23.2 Å². The number of halogens is 2. The fourth-order valence-corrected chi connectivity index (χ4v) is 5.41. The molecular formula is C35H29Cl2+. The van der Waals surface area contributed by atoms with Gasteiger partial charge in [0.05, 0.1) is 5.57 Å². The second kappa shape index (κ2) is 11.3. The largest absolute Gasteiger partial charge is 0.143 e. The van der Waals surface area contributed by atoms with E-state index in [9.17, 15) is 0 Å². The van der Waals surface area contributed by atoms with Gasteiger partial charge < -0.3 is 0 Å². The van der Waals surface area contributed by atoms with E-state index < -0.39 is 0 Å². The lowest BCUT2D eigenvalue weighted by Gasteiger charge is -2.14. The van der Waals surface area contributed by atoms with Gasteiger partial charge >= 0.3 is 0 Å². The predicted molar refractivity (Wildman–Crippen MR) is 159 cm³/mol. The molecule has 0 atom stereocenters. The summed E-state index contributed by atoms with van der Waals surface area (Å²) in [5, 5.41) is 1.30. The Labute approximate surface area is 230 Å². The maximum Gasteiger partial charge on any atom is 0.143 e. The molecule has 0 unspecified atom stereocenters. The molecule has 0 saturated carbocycles. The van der Waals surface area contributed by atoms with Crippen molar-refractivity contribution in [3.8, 4) is 0 Å². The molecule has 37 heavy (non-hydrogen) atoms. The third kappa shape index (κ3) is 5.77. The Morgan fingerprint density at radius 2 is 1.11 bits per heavy atom. The molecule has 0 aromatic heterocycles. The summed E-state index contributed by atoms with van der Waals surface area (Å²) in [7, 11) is 0. The third-order valence-electron chi connectivity index (χ3n) is 7.01. The Bertz CT molecular complexity index is 1390. The van der Waals surface area contributed by atoms with Crippen molar-refractivity contribution in [2.45, 2.75) is 26.7 Å². The number of benzene rings is 4. The van der Waals surface area contributed by atoms with Gasteiger partial charge in [-0.15, -0.1) is 0 Å². The van der Waals surface area contributed by atoms with Crippen molar-refractivity contribution in [2.75, 3.05) is 0 Å². The van der Waals surface area contributed by atoms with Crippen LogP contribution in [0.2, 0.25) is 0 Å². The zero-order chi connectivity index (χ0) is 25.8. The molecule has 0 saturated heterocycles. The quantitative estimate of drug-likeness (QED) is 0.222. The summed E-state index contributed by atoms with van der Waals surface area (Å²) in [4.78, 5) is 0. The van der Waals surface area contributed by atoms with E-state index in [0.29, 0.717) is 10.4 Å². The van der Waals surface area contributed by atoms with Crippen LogP contribution in [0.4, 0.5) is 0 Å². The first-order valence-corrected chi connectivity index (χ1v) is 13.3. The topological polar surface area (TPSA) is 0 Å². The maximum atomic E-state index is 6.73. The van der Waals surface area contributed by atoms with Gasteiger partial charge in [0.1, 0.15) is 16.0 Å². The van der Waals surface area contributed by atoms with Crippen LogP contribution in [0, 0.1) is 19.2 Å². The van der Waals surface area contributed by atoms with Crippen molar-refractivity contribution < 1.29 is 0 Å². The van der Waals surface area contributed by atoms with Gasteiger partial charge in [0.25, 0.3) is 0 Å². The van der Waals surface area contributed by atoms with Crippen molar-refractivity contribution in [1.29, 1.82) is 0 Å². The molecule has 1 aliphatic rings. The Morgan fingerprint density at radius 1 is 0.649 bits per heavy atom. The summed E-state index contributed by atoms with van der Waals surface area (Å²) in [5.41, 5.74) is 12.0. The SMILES string of the molecule is Cc1ccccc1Cc1ccc(C(=C2C(Cl)=CC=C[C+]2Cl)c2ccc(Cc3ccccc3C)cc2)cc1. The number of aryl methyl sites for hydroxylation is 2. The number of hydrogen-bond donors (Lipinski definition) is 0. The molecule has 4 aromatic carbocycles. The molecular weight excluding hydrogens is 491 g/mol. The monoisotopic (exact) mass is 519 g/mol. The third-order valence-corrected chi connectivity index (χ3v) is 7.64.